The van der Waals surface area contributed by atoms with Crippen molar-refractivity contribution < 1.29 is 33.6 Å². The summed E-state index contributed by atoms with van der Waals surface area (Å²) >= 11 is 6.14. The first-order chi connectivity index (χ1) is 17.9. The van der Waals surface area contributed by atoms with Crippen molar-refractivity contribution in [2.24, 2.45) is 0 Å². The van der Waals surface area contributed by atoms with Crippen LogP contribution < -0.4 is 23.7 Å². The second kappa shape index (κ2) is 12.7. The van der Waals surface area contributed by atoms with E-state index in [1.54, 1.807) is 51.7 Å². The summed E-state index contributed by atoms with van der Waals surface area (Å²) in [6.45, 7) is 0. The lowest BCUT2D eigenvalue weighted by molar-refractivity contribution is 0.104. The maximum Gasteiger partial charge on any atom is 0.203 e. The highest BCUT2D eigenvalue weighted by molar-refractivity contribution is 6.32. The van der Waals surface area contributed by atoms with Crippen LogP contribution in [-0.2, 0) is 6.42 Å². The summed E-state index contributed by atoms with van der Waals surface area (Å²) in [6.07, 6.45) is 7.14. The van der Waals surface area contributed by atoms with E-state index in [-0.39, 0.29) is 18.0 Å². The van der Waals surface area contributed by atoms with Gasteiger partial charge in [-0.15, -0.1) is 0 Å². The molecule has 0 saturated heterocycles. The number of carbonyl (C=O) groups is 1. The first kappa shape index (κ1) is 27.5. The van der Waals surface area contributed by atoms with Crippen LogP contribution in [0.4, 0.5) is 0 Å². The van der Waals surface area contributed by atoms with Gasteiger partial charge in [-0.25, -0.2) is 0 Å². The Morgan fingerprint density at radius 2 is 1.43 bits per heavy atom. The molecule has 0 unspecified atom stereocenters. The number of aromatic hydroxyl groups is 1. The van der Waals surface area contributed by atoms with Crippen LogP contribution in [0.3, 0.4) is 0 Å². The van der Waals surface area contributed by atoms with Gasteiger partial charge >= 0.3 is 0 Å². The third-order valence-electron chi connectivity index (χ3n) is 5.67. The van der Waals surface area contributed by atoms with E-state index in [1.807, 2.05) is 30.4 Å². The zero-order valence-electron chi connectivity index (χ0n) is 21.3. The monoisotopic (exact) mass is 524 g/mol. The zero-order valence-corrected chi connectivity index (χ0v) is 22.1. The Morgan fingerprint density at radius 3 is 2.00 bits per heavy atom. The van der Waals surface area contributed by atoms with Crippen LogP contribution in [0.1, 0.15) is 27.0 Å². The van der Waals surface area contributed by atoms with Crippen molar-refractivity contribution in [3.05, 3.63) is 81.9 Å². The molecule has 0 amide bonds. The van der Waals surface area contributed by atoms with Crippen molar-refractivity contribution in [2.45, 2.75) is 6.42 Å². The predicted octanol–water partition coefficient (Wildman–Crippen LogP) is 6.24. The SMILES string of the molecule is COc1ccc(C(=O)/C=C\Cc2c(/C=C\c3cc(OC)c(OC)c(OC)c3)ccc(OC)c2O)cc1Cl. The van der Waals surface area contributed by atoms with Crippen LogP contribution in [0, 0.1) is 0 Å². The average Bonchev–Trinajstić information content (AvgIpc) is 2.92. The number of allylic oxidation sites excluding steroid dienone is 2. The Morgan fingerprint density at radius 1 is 0.811 bits per heavy atom. The van der Waals surface area contributed by atoms with Crippen LogP contribution in [0.15, 0.2) is 54.6 Å². The number of methoxy groups -OCH3 is 5. The van der Waals surface area contributed by atoms with E-state index in [0.29, 0.717) is 44.9 Å². The van der Waals surface area contributed by atoms with Crippen molar-refractivity contribution in [3.8, 4) is 34.5 Å². The molecule has 0 radical (unpaired) electrons. The van der Waals surface area contributed by atoms with Crippen molar-refractivity contribution in [1.29, 1.82) is 0 Å². The molecule has 3 aromatic carbocycles. The molecule has 0 heterocycles. The summed E-state index contributed by atoms with van der Waals surface area (Å²) in [5.41, 5.74) is 2.58. The Hall–Kier alpha value is -4.10. The summed E-state index contributed by atoms with van der Waals surface area (Å²) in [7, 11) is 7.65. The van der Waals surface area contributed by atoms with Gasteiger partial charge in [-0.1, -0.05) is 35.9 Å². The number of phenolic OH excluding ortho intramolecular Hbond substituents is 1. The fourth-order valence-corrected chi connectivity index (χ4v) is 4.01. The van der Waals surface area contributed by atoms with E-state index in [2.05, 4.69) is 0 Å². The highest BCUT2D eigenvalue weighted by Crippen LogP contribution is 2.39. The van der Waals surface area contributed by atoms with E-state index >= 15 is 0 Å². The van der Waals surface area contributed by atoms with Gasteiger partial charge in [0.05, 0.1) is 40.6 Å². The smallest absolute Gasteiger partial charge is 0.203 e. The van der Waals surface area contributed by atoms with Crippen LogP contribution in [0.2, 0.25) is 5.02 Å². The number of ether oxygens (including phenoxy) is 5. The molecule has 3 aromatic rings. The van der Waals surface area contributed by atoms with Gasteiger partial charge in [0.1, 0.15) is 5.75 Å². The minimum Gasteiger partial charge on any atom is -0.504 e. The third kappa shape index (κ3) is 6.37. The molecule has 0 fully saturated rings. The maximum atomic E-state index is 12.6. The Balaban J connectivity index is 1.90. The standard InChI is InChI=1S/C29H29ClO7/c1-33-24-13-12-20(17-22(24)30)23(31)8-6-7-21-19(11-14-25(34-2)28(21)32)10-9-18-15-26(35-3)29(37-5)27(16-18)36-4/h6,8-17,32H,7H2,1-5H3/b8-6-,10-9-. The molecule has 8 heteroatoms. The molecule has 0 saturated carbocycles. The minimum absolute atomic E-state index is 0.000803. The molecule has 0 aliphatic rings. The number of halogens is 1. The van der Waals surface area contributed by atoms with Gasteiger partial charge in [0.2, 0.25) is 5.75 Å². The topological polar surface area (TPSA) is 83.5 Å². The van der Waals surface area contributed by atoms with Crippen LogP contribution in [0.5, 0.6) is 34.5 Å². The molecule has 194 valence electrons. The number of hydrogen-bond acceptors (Lipinski definition) is 7. The molecular formula is C29H29ClO7. The van der Waals surface area contributed by atoms with Crippen molar-refractivity contribution in [3.63, 3.8) is 0 Å². The number of hydrogen-bond donors (Lipinski definition) is 1. The number of phenols is 1. The first-order valence-electron chi connectivity index (χ1n) is 11.3. The van der Waals surface area contributed by atoms with Crippen LogP contribution >= 0.6 is 11.6 Å². The molecule has 0 aromatic heterocycles. The molecular weight excluding hydrogens is 496 g/mol. The largest absolute Gasteiger partial charge is 0.504 e. The van der Waals surface area contributed by atoms with E-state index < -0.39 is 0 Å². The first-order valence-corrected chi connectivity index (χ1v) is 11.7. The molecule has 7 nitrogen and oxygen atoms in total. The zero-order chi connectivity index (χ0) is 26.9. The lowest BCUT2D eigenvalue weighted by Crippen LogP contribution is -1.97. The number of ketones is 1. The fourth-order valence-electron chi connectivity index (χ4n) is 3.75. The quantitative estimate of drug-likeness (QED) is 0.180. The van der Waals surface area contributed by atoms with Crippen LogP contribution in [-0.4, -0.2) is 46.4 Å². The van der Waals surface area contributed by atoms with Crippen molar-refractivity contribution in [2.75, 3.05) is 35.5 Å². The molecule has 0 spiro atoms. The van der Waals surface area contributed by atoms with Gasteiger partial charge < -0.3 is 28.8 Å². The Bertz CT molecular complexity index is 1300. The number of rotatable bonds is 11. The molecule has 0 atom stereocenters. The second-order valence-electron chi connectivity index (χ2n) is 7.80. The van der Waals surface area contributed by atoms with Crippen molar-refractivity contribution >= 4 is 29.5 Å². The molecule has 1 N–H and O–H groups in total. The lowest BCUT2D eigenvalue weighted by atomic mass is 10.00. The van der Waals surface area contributed by atoms with Crippen LogP contribution in [0.25, 0.3) is 12.2 Å². The molecule has 37 heavy (non-hydrogen) atoms. The molecule has 0 aliphatic carbocycles. The Labute approximate surface area is 221 Å². The predicted molar refractivity (Wildman–Crippen MR) is 145 cm³/mol. The van der Waals surface area contributed by atoms with Gasteiger partial charge in [-0.05, 0) is 60.0 Å². The highest BCUT2D eigenvalue weighted by Gasteiger charge is 2.14. The molecule has 0 aliphatic heterocycles. The van der Waals surface area contributed by atoms with E-state index in [1.165, 1.54) is 20.3 Å². The minimum atomic E-state index is -0.221. The average molecular weight is 525 g/mol. The van der Waals surface area contributed by atoms with Gasteiger partial charge in [0.25, 0.3) is 0 Å². The van der Waals surface area contributed by atoms with Gasteiger partial charge in [-0.2, -0.15) is 0 Å². The van der Waals surface area contributed by atoms with Crippen molar-refractivity contribution in [1.82, 2.24) is 0 Å². The summed E-state index contributed by atoms with van der Waals surface area (Å²) in [6, 6.07) is 12.0. The highest BCUT2D eigenvalue weighted by atomic mass is 35.5. The van der Waals surface area contributed by atoms with E-state index in [0.717, 1.165) is 11.1 Å². The lowest BCUT2D eigenvalue weighted by Gasteiger charge is -2.13. The maximum absolute atomic E-state index is 12.6. The number of benzene rings is 3. The van der Waals surface area contributed by atoms with Gasteiger partial charge in [-0.3, -0.25) is 4.79 Å². The molecule has 0 bridgehead atoms. The second-order valence-corrected chi connectivity index (χ2v) is 8.20. The Kier molecular flexibility index (Phi) is 9.46. The fraction of sp³-hybridized carbons (Fsp3) is 0.207. The summed E-state index contributed by atoms with van der Waals surface area (Å²) in [5, 5.41) is 11.2. The van der Waals surface area contributed by atoms with Gasteiger partial charge in [0, 0.05) is 11.1 Å². The van der Waals surface area contributed by atoms with E-state index in [4.69, 9.17) is 35.3 Å². The normalized spacial score (nSPS) is 11.1. The number of carbonyl (C=O) groups excluding carboxylic acids is 1. The van der Waals surface area contributed by atoms with Gasteiger partial charge in [0.15, 0.2) is 28.8 Å². The summed E-state index contributed by atoms with van der Waals surface area (Å²) in [5.74, 6) is 2.16. The van der Waals surface area contributed by atoms with E-state index in [9.17, 15) is 9.90 Å². The summed E-state index contributed by atoms with van der Waals surface area (Å²) in [4.78, 5) is 12.6. The third-order valence-corrected chi connectivity index (χ3v) is 5.97. The summed E-state index contributed by atoms with van der Waals surface area (Å²) < 4.78 is 26.6. The molecule has 3 rings (SSSR count).